The second-order valence-corrected chi connectivity index (χ2v) is 5.52. The highest BCUT2D eigenvalue weighted by Crippen LogP contribution is 2.27. The SMILES string of the molecule is CCN(C)CCNC(C)c1ccccc1-c1ccccc1. The zero-order valence-corrected chi connectivity index (χ0v) is 13.3. The molecule has 2 aromatic carbocycles. The van der Waals surface area contributed by atoms with Crippen LogP contribution < -0.4 is 5.32 Å². The Morgan fingerprint density at radius 3 is 2.38 bits per heavy atom. The van der Waals surface area contributed by atoms with Gasteiger partial charge >= 0.3 is 0 Å². The monoisotopic (exact) mass is 282 g/mol. The standard InChI is InChI=1S/C19H26N2/c1-4-21(3)15-14-20-16(2)18-12-8-9-13-19(18)17-10-6-5-7-11-17/h5-13,16,20H,4,14-15H2,1-3H3. The molecule has 2 nitrogen and oxygen atoms in total. The van der Waals surface area contributed by atoms with Gasteiger partial charge in [0.25, 0.3) is 0 Å². The summed E-state index contributed by atoms with van der Waals surface area (Å²) in [6.45, 7) is 7.61. The molecule has 0 aromatic heterocycles. The molecule has 112 valence electrons. The minimum absolute atomic E-state index is 0.353. The Hall–Kier alpha value is -1.64. The molecule has 1 unspecified atom stereocenters. The van der Waals surface area contributed by atoms with E-state index < -0.39 is 0 Å². The first-order valence-electron chi connectivity index (χ1n) is 7.78. The quantitative estimate of drug-likeness (QED) is 0.827. The summed E-state index contributed by atoms with van der Waals surface area (Å²) in [5, 5.41) is 3.63. The van der Waals surface area contributed by atoms with Gasteiger partial charge in [-0.05, 0) is 37.2 Å². The maximum atomic E-state index is 3.63. The Labute approximate surface area is 128 Å². The molecular weight excluding hydrogens is 256 g/mol. The van der Waals surface area contributed by atoms with E-state index in [-0.39, 0.29) is 0 Å². The van der Waals surface area contributed by atoms with Crippen LogP contribution in [0.15, 0.2) is 54.6 Å². The van der Waals surface area contributed by atoms with E-state index in [0.29, 0.717) is 6.04 Å². The number of nitrogens with zero attached hydrogens (tertiary/aromatic N) is 1. The van der Waals surface area contributed by atoms with Gasteiger partial charge in [0.05, 0.1) is 0 Å². The first-order chi connectivity index (χ1) is 10.2. The van der Waals surface area contributed by atoms with Crippen LogP contribution in [-0.4, -0.2) is 31.6 Å². The van der Waals surface area contributed by atoms with Crippen molar-refractivity contribution < 1.29 is 0 Å². The van der Waals surface area contributed by atoms with E-state index in [1.165, 1.54) is 16.7 Å². The van der Waals surface area contributed by atoms with Crippen molar-refractivity contribution >= 4 is 0 Å². The number of rotatable bonds is 7. The summed E-state index contributed by atoms with van der Waals surface area (Å²) in [6.07, 6.45) is 0. The number of hydrogen-bond donors (Lipinski definition) is 1. The van der Waals surface area contributed by atoms with Gasteiger partial charge in [-0.2, -0.15) is 0 Å². The summed E-state index contributed by atoms with van der Waals surface area (Å²) in [7, 11) is 2.16. The highest BCUT2D eigenvalue weighted by molar-refractivity contribution is 5.67. The lowest BCUT2D eigenvalue weighted by molar-refractivity contribution is 0.342. The lowest BCUT2D eigenvalue weighted by Crippen LogP contribution is -2.30. The highest BCUT2D eigenvalue weighted by atomic mass is 15.1. The largest absolute Gasteiger partial charge is 0.309 e. The van der Waals surface area contributed by atoms with Crippen molar-refractivity contribution in [2.45, 2.75) is 19.9 Å². The molecule has 0 spiro atoms. The predicted octanol–water partition coefficient (Wildman–Crippen LogP) is 3.96. The minimum Gasteiger partial charge on any atom is -0.309 e. The number of nitrogens with one attached hydrogen (secondary N) is 1. The summed E-state index contributed by atoms with van der Waals surface area (Å²) < 4.78 is 0. The highest BCUT2D eigenvalue weighted by Gasteiger charge is 2.10. The van der Waals surface area contributed by atoms with Crippen LogP contribution in [0, 0.1) is 0 Å². The molecule has 0 heterocycles. The van der Waals surface area contributed by atoms with Gasteiger partial charge in [-0.3, -0.25) is 0 Å². The zero-order valence-electron chi connectivity index (χ0n) is 13.3. The second-order valence-electron chi connectivity index (χ2n) is 5.52. The Balaban J connectivity index is 2.09. The van der Waals surface area contributed by atoms with Crippen molar-refractivity contribution in [3.05, 3.63) is 60.2 Å². The van der Waals surface area contributed by atoms with Crippen LogP contribution in [0.5, 0.6) is 0 Å². The van der Waals surface area contributed by atoms with E-state index in [4.69, 9.17) is 0 Å². The average molecular weight is 282 g/mol. The van der Waals surface area contributed by atoms with Gasteiger partial charge in [0.2, 0.25) is 0 Å². The van der Waals surface area contributed by atoms with Crippen molar-refractivity contribution in [2.75, 3.05) is 26.7 Å². The summed E-state index contributed by atoms with van der Waals surface area (Å²) in [4.78, 5) is 2.32. The Morgan fingerprint density at radius 1 is 1.00 bits per heavy atom. The fraction of sp³-hybridized carbons (Fsp3) is 0.368. The van der Waals surface area contributed by atoms with Gasteiger partial charge in [0, 0.05) is 19.1 Å². The van der Waals surface area contributed by atoms with Gasteiger partial charge in [0.15, 0.2) is 0 Å². The van der Waals surface area contributed by atoms with E-state index >= 15 is 0 Å². The van der Waals surface area contributed by atoms with Crippen LogP contribution in [0.4, 0.5) is 0 Å². The van der Waals surface area contributed by atoms with Crippen LogP contribution >= 0.6 is 0 Å². The third kappa shape index (κ3) is 4.42. The topological polar surface area (TPSA) is 15.3 Å². The molecule has 0 bridgehead atoms. The smallest absolute Gasteiger partial charge is 0.0298 e. The average Bonchev–Trinajstić information content (AvgIpc) is 2.55. The van der Waals surface area contributed by atoms with E-state index in [0.717, 1.165) is 19.6 Å². The van der Waals surface area contributed by atoms with Crippen LogP contribution in [0.2, 0.25) is 0 Å². The summed E-state index contributed by atoms with van der Waals surface area (Å²) in [5.74, 6) is 0. The van der Waals surface area contributed by atoms with E-state index in [9.17, 15) is 0 Å². The van der Waals surface area contributed by atoms with Crippen LogP contribution in [0.1, 0.15) is 25.5 Å². The minimum atomic E-state index is 0.353. The van der Waals surface area contributed by atoms with Gasteiger partial charge in [-0.15, -0.1) is 0 Å². The van der Waals surface area contributed by atoms with Crippen molar-refractivity contribution in [2.24, 2.45) is 0 Å². The molecule has 0 radical (unpaired) electrons. The van der Waals surface area contributed by atoms with Crippen LogP contribution in [0.25, 0.3) is 11.1 Å². The number of likely N-dealkylation sites (N-methyl/N-ethyl adjacent to an activating group) is 1. The molecule has 21 heavy (non-hydrogen) atoms. The van der Waals surface area contributed by atoms with Gasteiger partial charge in [0.1, 0.15) is 0 Å². The first-order valence-corrected chi connectivity index (χ1v) is 7.78. The second kappa shape index (κ2) is 7.96. The molecule has 0 saturated heterocycles. The zero-order chi connectivity index (χ0) is 15.1. The molecule has 2 aromatic rings. The molecule has 2 rings (SSSR count). The fourth-order valence-corrected chi connectivity index (χ4v) is 2.50. The lowest BCUT2D eigenvalue weighted by Gasteiger charge is -2.20. The molecule has 0 aliphatic rings. The van der Waals surface area contributed by atoms with Crippen molar-refractivity contribution in [3.63, 3.8) is 0 Å². The van der Waals surface area contributed by atoms with Gasteiger partial charge in [-0.25, -0.2) is 0 Å². The molecule has 0 saturated carbocycles. The Morgan fingerprint density at radius 2 is 1.67 bits per heavy atom. The Bertz CT molecular complexity index is 536. The van der Waals surface area contributed by atoms with E-state index in [2.05, 4.69) is 85.7 Å². The number of benzene rings is 2. The van der Waals surface area contributed by atoms with Gasteiger partial charge < -0.3 is 10.2 Å². The molecule has 2 heteroatoms. The number of hydrogen-bond acceptors (Lipinski definition) is 2. The van der Waals surface area contributed by atoms with E-state index in [1.807, 2.05) is 0 Å². The summed E-state index contributed by atoms with van der Waals surface area (Å²) in [6, 6.07) is 19.6. The lowest BCUT2D eigenvalue weighted by atomic mass is 9.95. The Kier molecular flexibility index (Phi) is 5.97. The molecule has 0 fully saturated rings. The normalized spacial score (nSPS) is 12.6. The molecule has 0 aliphatic heterocycles. The van der Waals surface area contributed by atoms with Gasteiger partial charge in [-0.1, -0.05) is 61.5 Å². The van der Waals surface area contributed by atoms with Crippen molar-refractivity contribution in [1.29, 1.82) is 0 Å². The van der Waals surface area contributed by atoms with Crippen molar-refractivity contribution in [1.82, 2.24) is 10.2 Å². The molecule has 0 amide bonds. The third-order valence-electron chi connectivity index (χ3n) is 4.00. The maximum absolute atomic E-state index is 3.63. The predicted molar refractivity (Wildman–Crippen MR) is 91.5 cm³/mol. The van der Waals surface area contributed by atoms with Crippen LogP contribution in [0.3, 0.4) is 0 Å². The summed E-state index contributed by atoms with van der Waals surface area (Å²) in [5.41, 5.74) is 3.97. The summed E-state index contributed by atoms with van der Waals surface area (Å²) >= 11 is 0. The fourth-order valence-electron chi connectivity index (χ4n) is 2.50. The molecule has 0 aliphatic carbocycles. The van der Waals surface area contributed by atoms with E-state index in [1.54, 1.807) is 0 Å². The van der Waals surface area contributed by atoms with Crippen LogP contribution in [-0.2, 0) is 0 Å². The molecule has 1 atom stereocenters. The molecular formula is C19H26N2. The third-order valence-corrected chi connectivity index (χ3v) is 4.00. The molecule has 1 N–H and O–H groups in total. The maximum Gasteiger partial charge on any atom is 0.0298 e. The first kappa shape index (κ1) is 15.7. The van der Waals surface area contributed by atoms with Crippen molar-refractivity contribution in [3.8, 4) is 11.1 Å².